The van der Waals surface area contributed by atoms with Crippen molar-refractivity contribution in [2.24, 2.45) is 0 Å². The van der Waals surface area contributed by atoms with E-state index in [1.165, 1.54) is 54.8 Å². The van der Waals surface area contributed by atoms with E-state index in [9.17, 15) is 0 Å². The zero-order valence-corrected chi connectivity index (χ0v) is 13.2. The third kappa shape index (κ3) is 2.33. The van der Waals surface area contributed by atoms with Crippen LogP contribution in [0.15, 0.2) is 35.7 Å². The standard InChI is InChI=1S/C18H22N2S/c1-2-7-14(8-3-1)18(10-4-5-11-18)17-20-16(13-21-17)15-9-6-12-19-15/h1-3,7-8,13,15,19H,4-6,9-12H2/t15-/m0/s1. The summed E-state index contributed by atoms with van der Waals surface area (Å²) < 4.78 is 0. The number of hydrogen-bond donors (Lipinski definition) is 1. The summed E-state index contributed by atoms with van der Waals surface area (Å²) in [4.78, 5) is 5.08. The Morgan fingerprint density at radius 1 is 1.10 bits per heavy atom. The van der Waals surface area contributed by atoms with Crippen molar-refractivity contribution in [1.82, 2.24) is 10.3 Å². The van der Waals surface area contributed by atoms with Crippen molar-refractivity contribution < 1.29 is 0 Å². The molecule has 110 valence electrons. The van der Waals surface area contributed by atoms with E-state index in [0.29, 0.717) is 6.04 Å². The number of rotatable bonds is 3. The zero-order chi connectivity index (χ0) is 14.1. The minimum atomic E-state index is 0.183. The van der Waals surface area contributed by atoms with Crippen molar-refractivity contribution in [3.63, 3.8) is 0 Å². The highest BCUT2D eigenvalue weighted by atomic mass is 32.1. The zero-order valence-electron chi connectivity index (χ0n) is 12.3. The van der Waals surface area contributed by atoms with E-state index in [4.69, 9.17) is 4.98 Å². The molecule has 1 atom stereocenters. The van der Waals surface area contributed by atoms with Crippen molar-refractivity contribution in [2.45, 2.75) is 50.0 Å². The second-order valence-corrected chi connectivity index (χ2v) is 7.24. The van der Waals surface area contributed by atoms with Crippen molar-refractivity contribution in [3.8, 4) is 0 Å². The van der Waals surface area contributed by atoms with E-state index in [-0.39, 0.29) is 5.41 Å². The summed E-state index contributed by atoms with van der Waals surface area (Å²) in [7, 11) is 0. The predicted octanol–water partition coefficient (Wildman–Crippen LogP) is 4.43. The monoisotopic (exact) mass is 298 g/mol. The lowest BCUT2D eigenvalue weighted by molar-refractivity contribution is 0.525. The van der Waals surface area contributed by atoms with Crippen LogP contribution < -0.4 is 5.32 Å². The van der Waals surface area contributed by atoms with Crippen molar-refractivity contribution >= 4 is 11.3 Å². The smallest absolute Gasteiger partial charge is 0.103 e. The summed E-state index contributed by atoms with van der Waals surface area (Å²) >= 11 is 1.88. The molecule has 1 saturated carbocycles. The van der Waals surface area contributed by atoms with Gasteiger partial charge in [0, 0.05) is 10.8 Å². The van der Waals surface area contributed by atoms with Gasteiger partial charge in [-0.15, -0.1) is 11.3 Å². The third-order valence-electron chi connectivity index (χ3n) is 5.13. The molecule has 0 spiro atoms. The largest absolute Gasteiger partial charge is 0.309 e. The van der Waals surface area contributed by atoms with Crippen LogP contribution in [0.4, 0.5) is 0 Å². The van der Waals surface area contributed by atoms with Gasteiger partial charge in [-0.05, 0) is 37.8 Å². The van der Waals surface area contributed by atoms with E-state index in [1.807, 2.05) is 11.3 Å². The SMILES string of the molecule is c1ccc(C2(c3nc([C@@H]4CCCN4)cs3)CCCC2)cc1. The van der Waals surface area contributed by atoms with Gasteiger partial charge in [-0.3, -0.25) is 0 Å². The van der Waals surface area contributed by atoms with Crippen LogP contribution in [0.25, 0.3) is 0 Å². The summed E-state index contributed by atoms with van der Waals surface area (Å²) in [5, 5.41) is 7.21. The molecular formula is C18H22N2S. The quantitative estimate of drug-likeness (QED) is 0.907. The second-order valence-electron chi connectivity index (χ2n) is 6.38. The molecule has 0 bridgehead atoms. The van der Waals surface area contributed by atoms with Gasteiger partial charge in [-0.25, -0.2) is 4.98 Å². The molecule has 0 unspecified atom stereocenters. The Hall–Kier alpha value is -1.19. The highest BCUT2D eigenvalue weighted by Crippen LogP contribution is 2.47. The van der Waals surface area contributed by atoms with Gasteiger partial charge in [-0.2, -0.15) is 0 Å². The molecule has 21 heavy (non-hydrogen) atoms. The third-order valence-corrected chi connectivity index (χ3v) is 6.20. The Bertz CT molecular complexity index is 593. The van der Waals surface area contributed by atoms with Gasteiger partial charge in [0.25, 0.3) is 0 Å². The Morgan fingerprint density at radius 3 is 2.62 bits per heavy atom. The first-order valence-corrected chi connectivity index (χ1v) is 9.01. The summed E-state index contributed by atoms with van der Waals surface area (Å²) in [6.45, 7) is 1.14. The summed E-state index contributed by atoms with van der Waals surface area (Å²) in [5.74, 6) is 0. The van der Waals surface area contributed by atoms with Crippen LogP contribution in [0.1, 0.15) is 60.8 Å². The van der Waals surface area contributed by atoms with Gasteiger partial charge in [-0.1, -0.05) is 43.2 Å². The molecule has 2 nitrogen and oxygen atoms in total. The lowest BCUT2D eigenvalue weighted by Crippen LogP contribution is -2.24. The highest BCUT2D eigenvalue weighted by molar-refractivity contribution is 7.09. The summed E-state index contributed by atoms with van der Waals surface area (Å²) in [6, 6.07) is 11.5. The molecule has 1 N–H and O–H groups in total. The van der Waals surface area contributed by atoms with Crippen LogP contribution in [0, 0.1) is 0 Å². The van der Waals surface area contributed by atoms with Crippen LogP contribution in [0.2, 0.25) is 0 Å². The molecule has 2 fully saturated rings. The lowest BCUT2D eigenvalue weighted by Gasteiger charge is -2.27. The van der Waals surface area contributed by atoms with Crippen LogP contribution >= 0.6 is 11.3 Å². The molecule has 4 rings (SSSR count). The number of benzene rings is 1. The molecule has 2 heterocycles. The fraction of sp³-hybridized carbons (Fsp3) is 0.500. The molecule has 1 aromatic carbocycles. The molecule has 2 aliphatic rings. The maximum atomic E-state index is 5.08. The molecule has 1 aliphatic carbocycles. The van der Waals surface area contributed by atoms with Crippen molar-refractivity contribution in [2.75, 3.05) is 6.54 Å². The van der Waals surface area contributed by atoms with Gasteiger partial charge in [0.1, 0.15) is 5.01 Å². The Morgan fingerprint density at radius 2 is 1.90 bits per heavy atom. The average molecular weight is 298 g/mol. The van der Waals surface area contributed by atoms with Crippen molar-refractivity contribution in [3.05, 3.63) is 52.0 Å². The van der Waals surface area contributed by atoms with Crippen LogP contribution in [-0.2, 0) is 5.41 Å². The van der Waals surface area contributed by atoms with Crippen LogP contribution in [-0.4, -0.2) is 11.5 Å². The van der Waals surface area contributed by atoms with Gasteiger partial charge < -0.3 is 5.32 Å². The molecule has 0 amide bonds. The molecule has 1 saturated heterocycles. The fourth-order valence-electron chi connectivity index (χ4n) is 3.96. The summed E-state index contributed by atoms with van der Waals surface area (Å²) in [5.41, 5.74) is 2.92. The minimum absolute atomic E-state index is 0.183. The number of nitrogens with zero attached hydrogens (tertiary/aromatic N) is 1. The summed E-state index contributed by atoms with van der Waals surface area (Å²) in [6.07, 6.45) is 7.67. The molecular weight excluding hydrogens is 276 g/mol. The fourth-order valence-corrected chi connectivity index (χ4v) is 5.12. The second kappa shape index (κ2) is 5.54. The molecule has 0 radical (unpaired) electrons. The molecule has 1 aliphatic heterocycles. The van der Waals surface area contributed by atoms with E-state index in [2.05, 4.69) is 41.0 Å². The number of hydrogen-bond acceptors (Lipinski definition) is 3. The maximum absolute atomic E-state index is 5.08. The number of thiazole rings is 1. The first kappa shape index (κ1) is 13.5. The minimum Gasteiger partial charge on any atom is -0.309 e. The molecule has 3 heteroatoms. The number of aromatic nitrogens is 1. The molecule has 1 aromatic heterocycles. The molecule has 2 aromatic rings. The van der Waals surface area contributed by atoms with Crippen LogP contribution in [0.5, 0.6) is 0 Å². The van der Waals surface area contributed by atoms with E-state index in [1.54, 1.807) is 0 Å². The highest BCUT2D eigenvalue weighted by Gasteiger charge is 2.40. The Balaban J connectivity index is 1.71. The Kier molecular flexibility index (Phi) is 3.56. The number of nitrogens with one attached hydrogen (secondary N) is 1. The van der Waals surface area contributed by atoms with Gasteiger partial charge in [0.2, 0.25) is 0 Å². The van der Waals surface area contributed by atoms with E-state index >= 15 is 0 Å². The average Bonchev–Trinajstić information content (AvgIpc) is 3.28. The topological polar surface area (TPSA) is 24.9 Å². The van der Waals surface area contributed by atoms with Gasteiger partial charge in [0.15, 0.2) is 0 Å². The van der Waals surface area contributed by atoms with Gasteiger partial charge >= 0.3 is 0 Å². The van der Waals surface area contributed by atoms with E-state index in [0.717, 1.165) is 6.54 Å². The van der Waals surface area contributed by atoms with Crippen molar-refractivity contribution in [1.29, 1.82) is 0 Å². The normalized spacial score (nSPS) is 24.5. The predicted molar refractivity (Wildman–Crippen MR) is 87.8 cm³/mol. The Labute approximate surface area is 130 Å². The maximum Gasteiger partial charge on any atom is 0.103 e. The van der Waals surface area contributed by atoms with Gasteiger partial charge in [0.05, 0.1) is 11.7 Å². The lowest BCUT2D eigenvalue weighted by atomic mass is 9.79. The first-order valence-electron chi connectivity index (χ1n) is 8.13. The first-order chi connectivity index (χ1) is 10.4. The van der Waals surface area contributed by atoms with Crippen LogP contribution in [0.3, 0.4) is 0 Å². The van der Waals surface area contributed by atoms with E-state index < -0.39 is 0 Å².